The van der Waals surface area contributed by atoms with E-state index >= 15 is 0 Å². The first kappa shape index (κ1) is 18.2. The fourth-order valence-corrected chi connectivity index (χ4v) is 6.20. The third-order valence-corrected chi connectivity index (χ3v) is 7.69. The van der Waals surface area contributed by atoms with Crippen LogP contribution in [0.4, 0.5) is 5.13 Å². The van der Waals surface area contributed by atoms with Crippen LogP contribution in [-0.2, 0) is 19.4 Å². The molecule has 0 saturated carbocycles. The molecule has 3 heterocycles. The van der Waals surface area contributed by atoms with Gasteiger partial charge in [-0.1, -0.05) is 11.3 Å². The average molecular weight is 409 g/mol. The lowest BCUT2D eigenvalue weighted by atomic mass is 10.1. The molecule has 2 aliphatic heterocycles. The van der Waals surface area contributed by atoms with Crippen LogP contribution in [0, 0.1) is 5.92 Å². The van der Waals surface area contributed by atoms with Gasteiger partial charge in [-0.2, -0.15) is 0 Å². The van der Waals surface area contributed by atoms with Gasteiger partial charge in [-0.25, -0.2) is 13.4 Å². The Hall–Kier alpha value is -2.20. The lowest BCUT2D eigenvalue weighted by Crippen LogP contribution is -2.38. The van der Waals surface area contributed by atoms with Crippen molar-refractivity contribution in [3.8, 4) is 5.75 Å². The second-order valence-corrected chi connectivity index (χ2v) is 10.1. The molecule has 0 radical (unpaired) electrons. The first-order valence-electron chi connectivity index (χ1n) is 8.60. The SMILES string of the molecule is COc1ccc2nc(NC(=O)[C@H]3CC(=O)N([C@H]4CCS(=O)(=O)C4)C3)sc2c1. The first-order valence-corrected chi connectivity index (χ1v) is 11.2. The summed E-state index contributed by atoms with van der Waals surface area (Å²) in [5.41, 5.74) is 0.761. The van der Waals surface area contributed by atoms with Gasteiger partial charge in [0, 0.05) is 19.0 Å². The standard InChI is InChI=1S/C17H19N3O5S2/c1-25-12-2-3-13-14(7-12)26-17(18-13)19-16(22)10-6-15(21)20(8-10)11-4-5-27(23,24)9-11/h2-3,7,10-11H,4-6,8-9H2,1H3,(H,18,19,22)/t10-,11-/m0/s1. The predicted octanol–water partition coefficient (Wildman–Crippen LogP) is 1.28. The number of ether oxygens (including phenoxy) is 1. The smallest absolute Gasteiger partial charge is 0.231 e. The maximum Gasteiger partial charge on any atom is 0.231 e. The summed E-state index contributed by atoms with van der Waals surface area (Å²) in [6, 6.07) is 5.16. The van der Waals surface area contributed by atoms with Gasteiger partial charge in [0.05, 0.1) is 34.8 Å². The van der Waals surface area contributed by atoms with E-state index in [1.54, 1.807) is 18.1 Å². The van der Waals surface area contributed by atoms with E-state index in [1.807, 2.05) is 12.1 Å². The summed E-state index contributed by atoms with van der Waals surface area (Å²) in [4.78, 5) is 30.8. The number of aromatic nitrogens is 1. The summed E-state index contributed by atoms with van der Waals surface area (Å²) in [6.07, 6.45) is 0.545. The molecule has 0 bridgehead atoms. The van der Waals surface area contributed by atoms with E-state index in [0.29, 0.717) is 17.3 Å². The van der Waals surface area contributed by atoms with E-state index in [1.165, 1.54) is 11.3 Å². The number of nitrogens with one attached hydrogen (secondary N) is 1. The molecule has 2 amide bonds. The molecular formula is C17H19N3O5S2. The average Bonchev–Trinajstić information content (AvgIpc) is 3.30. The van der Waals surface area contributed by atoms with Crippen molar-refractivity contribution >= 4 is 48.3 Å². The summed E-state index contributed by atoms with van der Waals surface area (Å²) in [6.45, 7) is 0.254. The number of sulfone groups is 1. The Morgan fingerprint density at radius 2 is 2.22 bits per heavy atom. The van der Waals surface area contributed by atoms with Crippen LogP contribution < -0.4 is 10.1 Å². The van der Waals surface area contributed by atoms with Crippen molar-refractivity contribution in [1.29, 1.82) is 0 Å². The number of fused-ring (bicyclic) bond motifs is 1. The number of amides is 2. The summed E-state index contributed by atoms with van der Waals surface area (Å²) in [5, 5.41) is 3.26. The Balaban J connectivity index is 1.44. The third kappa shape index (κ3) is 3.63. The topological polar surface area (TPSA) is 106 Å². The van der Waals surface area contributed by atoms with Gasteiger partial charge in [-0.05, 0) is 24.6 Å². The number of hydrogen-bond acceptors (Lipinski definition) is 7. The monoisotopic (exact) mass is 409 g/mol. The Bertz CT molecular complexity index is 1020. The zero-order valence-electron chi connectivity index (χ0n) is 14.7. The van der Waals surface area contributed by atoms with Crippen LogP contribution >= 0.6 is 11.3 Å². The van der Waals surface area contributed by atoms with Gasteiger partial charge in [0.2, 0.25) is 11.8 Å². The Morgan fingerprint density at radius 1 is 1.41 bits per heavy atom. The number of methoxy groups -OCH3 is 1. The Kier molecular flexibility index (Phi) is 4.55. The molecule has 0 spiro atoms. The first-order chi connectivity index (χ1) is 12.8. The van der Waals surface area contributed by atoms with Gasteiger partial charge in [0.25, 0.3) is 0 Å². The molecule has 0 unspecified atom stereocenters. The van der Waals surface area contributed by atoms with E-state index < -0.39 is 15.8 Å². The second kappa shape index (κ2) is 6.75. The molecule has 144 valence electrons. The highest BCUT2D eigenvalue weighted by Gasteiger charge is 2.42. The number of hydrogen-bond donors (Lipinski definition) is 1. The fraction of sp³-hybridized carbons (Fsp3) is 0.471. The number of rotatable bonds is 4. The molecule has 8 nitrogen and oxygen atoms in total. The van der Waals surface area contributed by atoms with Crippen molar-refractivity contribution in [3.63, 3.8) is 0 Å². The molecule has 0 aliphatic carbocycles. The summed E-state index contributed by atoms with van der Waals surface area (Å²) >= 11 is 1.34. The van der Waals surface area contributed by atoms with Crippen molar-refractivity contribution in [3.05, 3.63) is 18.2 Å². The maximum atomic E-state index is 12.6. The third-order valence-electron chi connectivity index (χ3n) is 5.00. The number of thiazole rings is 1. The highest BCUT2D eigenvalue weighted by Crippen LogP contribution is 2.31. The van der Waals surface area contributed by atoms with Crippen LogP contribution in [0.1, 0.15) is 12.8 Å². The molecule has 1 aromatic heterocycles. The van der Waals surface area contributed by atoms with Crippen LogP contribution in [-0.4, -0.2) is 61.3 Å². The predicted molar refractivity (Wildman–Crippen MR) is 102 cm³/mol. The van der Waals surface area contributed by atoms with Crippen LogP contribution in [0.25, 0.3) is 10.2 Å². The zero-order chi connectivity index (χ0) is 19.2. The molecular weight excluding hydrogens is 390 g/mol. The van der Waals surface area contributed by atoms with Crippen molar-refractivity contribution in [2.24, 2.45) is 5.92 Å². The van der Waals surface area contributed by atoms with E-state index in [9.17, 15) is 18.0 Å². The summed E-state index contributed by atoms with van der Waals surface area (Å²) < 4.78 is 29.4. The molecule has 2 aliphatic rings. The lowest BCUT2D eigenvalue weighted by Gasteiger charge is -2.22. The molecule has 2 saturated heterocycles. The molecule has 2 atom stereocenters. The van der Waals surface area contributed by atoms with Crippen LogP contribution in [0.3, 0.4) is 0 Å². The molecule has 1 aromatic carbocycles. The number of benzene rings is 1. The van der Waals surface area contributed by atoms with Crippen LogP contribution in [0.2, 0.25) is 0 Å². The van der Waals surface area contributed by atoms with E-state index in [0.717, 1.165) is 10.2 Å². The van der Waals surface area contributed by atoms with Crippen LogP contribution in [0.15, 0.2) is 18.2 Å². The maximum absolute atomic E-state index is 12.6. The molecule has 27 heavy (non-hydrogen) atoms. The van der Waals surface area contributed by atoms with Crippen molar-refractivity contribution in [2.75, 3.05) is 30.5 Å². The van der Waals surface area contributed by atoms with Gasteiger partial charge in [0.15, 0.2) is 15.0 Å². The number of nitrogens with zero attached hydrogens (tertiary/aromatic N) is 2. The highest BCUT2D eigenvalue weighted by molar-refractivity contribution is 7.91. The fourth-order valence-electron chi connectivity index (χ4n) is 3.57. The van der Waals surface area contributed by atoms with E-state index in [4.69, 9.17) is 4.74 Å². The summed E-state index contributed by atoms with van der Waals surface area (Å²) in [5.74, 6) is -0.112. The minimum absolute atomic E-state index is 0.00716. The van der Waals surface area contributed by atoms with E-state index in [2.05, 4.69) is 10.3 Å². The van der Waals surface area contributed by atoms with Crippen molar-refractivity contribution < 1.29 is 22.7 Å². The summed E-state index contributed by atoms with van der Waals surface area (Å²) in [7, 11) is -1.49. The quantitative estimate of drug-likeness (QED) is 0.815. The zero-order valence-corrected chi connectivity index (χ0v) is 16.3. The van der Waals surface area contributed by atoms with Crippen LogP contribution in [0.5, 0.6) is 5.75 Å². The largest absolute Gasteiger partial charge is 0.497 e. The molecule has 4 rings (SSSR count). The van der Waals surface area contributed by atoms with Gasteiger partial charge in [-0.3, -0.25) is 9.59 Å². The normalized spacial score (nSPS) is 24.5. The van der Waals surface area contributed by atoms with E-state index in [-0.39, 0.29) is 42.3 Å². The van der Waals surface area contributed by atoms with Crippen molar-refractivity contribution in [2.45, 2.75) is 18.9 Å². The van der Waals surface area contributed by atoms with Gasteiger partial charge >= 0.3 is 0 Å². The molecule has 2 aromatic rings. The lowest BCUT2D eigenvalue weighted by molar-refractivity contribution is -0.129. The Labute approximate surface area is 160 Å². The number of anilines is 1. The number of carbonyl (C=O) groups is 2. The number of carbonyl (C=O) groups excluding carboxylic acids is 2. The van der Waals surface area contributed by atoms with Gasteiger partial charge in [0.1, 0.15) is 5.75 Å². The highest BCUT2D eigenvalue weighted by atomic mass is 32.2. The minimum atomic E-state index is -3.08. The molecule has 2 fully saturated rings. The van der Waals surface area contributed by atoms with Gasteiger partial charge in [-0.15, -0.1) is 0 Å². The molecule has 10 heteroatoms. The molecule has 1 N–H and O–H groups in total. The van der Waals surface area contributed by atoms with Gasteiger partial charge < -0.3 is 15.0 Å². The second-order valence-electron chi connectivity index (χ2n) is 6.85. The number of likely N-dealkylation sites (tertiary alicyclic amines) is 1. The minimum Gasteiger partial charge on any atom is -0.497 e. The van der Waals surface area contributed by atoms with Crippen molar-refractivity contribution in [1.82, 2.24) is 9.88 Å². The Morgan fingerprint density at radius 3 is 2.93 bits per heavy atom.